The number of nitrogens with zero attached hydrogens (tertiary/aromatic N) is 1. The molecule has 4 nitrogen and oxygen atoms in total. The maximum Gasteiger partial charge on any atom is 0.259 e. The highest BCUT2D eigenvalue weighted by molar-refractivity contribution is 6.07. The van der Waals surface area contributed by atoms with Crippen LogP contribution in [0, 0.1) is 5.82 Å². The van der Waals surface area contributed by atoms with Crippen molar-refractivity contribution in [2.24, 2.45) is 0 Å². The molecule has 0 spiro atoms. The molecule has 2 aromatic rings. The van der Waals surface area contributed by atoms with Crippen molar-refractivity contribution < 1.29 is 9.18 Å². The zero-order valence-electron chi connectivity index (χ0n) is 11.2. The molecule has 0 aliphatic rings. The minimum Gasteiger partial charge on any atom is -0.369 e. The first-order valence-electron chi connectivity index (χ1n) is 6.47. The fourth-order valence-electron chi connectivity index (χ4n) is 1.73. The lowest BCUT2D eigenvalue weighted by molar-refractivity contribution is 0.102. The van der Waals surface area contributed by atoms with E-state index in [-0.39, 0.29) is 11.6 Å². The highest BCUT2D eigenvalue weighted by atomic mass is 19.1. The van der Waals surface area contributed by atoms with E-state index in [9.17, 15) is 9.18 Å². The number of hydrogen-bond acceptors (Lipinski definition) is 3. The van der Waals surface area contributed by atoms with Gasteiger partial charge < -0.3 is 10.6 Å². The van der Waals surface area contributed by atoms with Crippen molar-refractivity contribution in [1.29, 1.82) is 0 Å². The Morgan fingerprint density at radius 3 is 2.80 bits per heavy atom. The summed E-state index contributed by atoms with van der Waals surface area (Å²) in [5.41, 5.74) is 0.548. The first-order chi connectivity index (χ1) is 9.72. The van der Waals surface area contributed by atoms with E-state index in [4.69, 9.17) is 0 Å². The summed E-state index contributed by atoms with van der Waals surface area (Å²) in [5, 5.41) is 5.63. The third-order valence-corrected chi connectivity index (χ3v) is 2.72. The summed E-state index contributed by atoms with van der Waals surface area (Å²) in [6.07, 6.45) is 2.53. The minimum absolute atomic E-state index is 0.155. The van der Waals surface area contributed by atoms with Crippen molar-refractivity contribution in [1.82, 2.24) is 4.98 Å². The number of para-hydroxylation sites is 1. The molecule has 0 saturated carbocycles. The van der Waals surface area contributed by atoms with Crippen LogP contribution in [0.2, 0.25) is 0 Å². The number of carbonyl (C=O) groups excluding carboxylic acids is 1. The molecule has 1 aromatic carbocycles. The van der Waals surface area contributed by atoms with Crippen molar-refractivity contribution in [3.8, 4) is 0 Å². The minimum atomic E-state index is -0.465. The molecule has 2 rings (SSSR count). The summed E-state index contributed by atoms with van der Waals surface area (Å²) >= 11 is 0. The van der Waals surface area contributed by atoms with Crippen LogP contribution in [0.5, 0.6) is 0 Å². The van der Waals surface area contributed by atoms with Crippen molar-refractivity contribution >= 4 is 17.4 Å². The van der Waals surface area contributed by atoms with Gasteiger partial charge in [-0.2, -0.15) is 0 Å². The Hall–Kier alpha value is -2.43. The van der Waals surface area contributed by atoms with E-state index in [0.29, 0.717) is 11.4 Å². The van der Waals surface area contributed by atoms with E-state index in [1.807, 2.05) is 6.92 Å². The van der Waals surface area contributed by atoms with Gasteiger partial charge in [0.05, 0.1) is 11.3 Å². The molecule has 2 N–H and O–H groups in total. The van der Waals surface area contributed by atoms with Crippen LogP contribution in [-0.2, 0) is 0 Å². The molecule has 0 bridgehead atoms. The average Bonchev–Trinajstić information content (AvgIpc) is 2.47. The second-order valence-electron chi connectivity index (χ2n) is 4.26. The molecule has 104 valence electrons. The van der Waals surface area contributed by atoms with Crippen LogP contribution in [0.4, 0.5) is 15.9 Å². The molecule has 0 fully saturated rings. The Bertz CT molecular complexity index is 601. The molecular formula is C15H16FN3O. The van der Waals surface area contributed by atoms with Crippen LogP contribution < -0.4 is 10.6 Å². The quantitative estimate of drug-likeness (QED) is 0.879. The van der Waals surface area contributed by atoms with Crippen molar-refractivity contribution in [2.75, 3.05) is 17.2 Å². The standard InChI is InChI=1S/C15H16FN3O/c1-2-9-17-14-11(6-5-10-18-14)15(20)19-13-8-4-3-7-12(13)16/h3-8,10H,2,9H2,1H3,(H,17,18)(H,19,20). The van der Waals surface area contributed by atoms with Gasteiger partial charge in [-0.25, -0.2) is 9.37 Å². The number of amides is 1. The zero-order valence-corrected chi connectivity index (χ0v) is 11.2. The maximum atomic E-state index is 13.5. The van der Waals surface area contributed by atoms with E-state index in [0.717, 1.165) is 13.0 Å². The number of benzene rings is 1. The van der Waals surface area contributed by atoms with Gasteiger partial charge in [0.1, 0.15) is 11.6 Å². The first kappa shape index (κ1) is 14.0. The fraction of sp³-hybridized carbons (Fsp3) is 0.200. The number of anilines is 2. The van der Waals surface area contributed by atoms with E-state index in [2.05, 4.69) is 15.6 Å². The van der Waals surface area contributed by atoms with Gasteiger partial charge in [-0.1, -0.05) is 19.1 Å². The van der Waals surface area contributed by atoms with Gasteiger partial charge in [-0.3, -0.25) is 4.79 Å². The molecule has 0 aliphatic carbocycles. The summed E-state index contributed by atoms with van der Waals surface area (Å²) < 4.78 is 13.5. The zero-order chi connectivity index (χ0) is 14.4. The second-order valence-corrected chi connectivity index (χ2v) is 4.26. The lowest BCUT2D eigenvalue weighted by atomic mass is 10.2. The molecule has 5 heteroatoms. The van der Waals surface area contributed by atoms with Gasteiger partial charge in [0, 0.05) is 12.7 Å². The first-order valence-corrected chi connectivity index (χ1v) is 6.47. The summed E-state index contributed by atoms with van der Waals surface area (Å²) in [6, 6.07) is 9.38. The largest absolute Gasteiger partial charge is 0.369 e. The van der Waals surface area contributed by atoms with Gasteiger partial charge >= 0.3 is 0 Å². The smallest absolute Gasteiger partial charge is 0.259 e. The van der Waals surface area contributed by atoms with Gasteiger partial charge in [0.25, 0.3) is 5.91 Å². The Morgan fingerprint density at radius 2 is 2.05 bits per heavy atom. The molecule has 0 atom stereocenters. The molecule has 0 radical (unpaired) electrons. The summed E-state index contributed by atoms with van der Waals surface area (Å²) in [7, 11) is 0. The number of rotatable bonds is 5. The number of halogens is 1. The van der Waals surface area contributed by atoms with Crippen LogP contribution in [0.1, 0.15) is 23.7 Å². The molecule has 1 amide bonds. The van der Waals surface area contributed by atoms with Gasteiger partial charge in [-0.15, -0.1) is 0 Å². The molecular weight excluding hydrogens is 257 g/mol. The lowest BCUT2D eigenvalue weighted by Gasteiger charge is -2.10. The Balaban J connectivity index is 2.19. The highest BCUT2D eigenvalue weighted by Crippen LogP contribution is 2.17. The predicted molar refractivity (Wildman–Crippen MR) is 77.4 cm³/mol. The number of aromatic nitrogens is 1. The highest BCUT2D eigenvalue weighted by Gasteiger charge is 2.13. The third-order valence-electron chi connectivity index (χ3n) is 2.72. The second kappa shape index (κ2) is 6.65. The molecule has 0 saturated heterocycles. The summed E-state index contributed by atoms with van der Waals surface area (Å²) in [5.74, 6) is -0.349. The maximum absolute atomic E-state index is 13.5. The topological polar surface area (TPSA) is 54.0 Å². The van der Waals surface area contributed by atoms with Crippen LogP contribution in [0.25, 0.3) is 0 Å². The van der Waals surface area contributed by atoms with Gasteiger partial charge in [-0.05, 0) is 30.7 Å². The number of carbonyl (C=O) groups is 1. The van der Waals surface area contributed by atoms with Crippen molar-refractivity contribution in [3.63, 3.8) is 0 Å². The summed E-state index contributed by atoms with van der Waals surface area (Å²) in [6.45, 7) is 2.74. The van der Waals surface area contributed by atoms with Crippen LogP contribution >= 0.6 is 0 Å². The number of nitrogens with one attached hydrogen (secondary N) is 2. The van der Waals surface area contributed by atoms with Crippen LogP contribution in [0.15, 0.2) is 42.6 Å². The molecule has 0 aliphatic heterocycles. The molecule has 1 heterocycles. The van der Waals surface area contributed by atoms with Crippen LogP contribution in [-0.4, -0.2) is 17.4 Å². The monoisotopic (exact) mass is 273 g/mol. The van der Waals surface area contributed by atoms with E-state index >= 15 is 0 Å². The van der Waals surface area contributed by atoms with Crippen molar-refractivity contribution in [2.45, 2.75) is 13.3 Å². The Morgan fingerprint density at radius 1 is 1.25 bits per heavy atom. The Kier molecular flexibility index (Phi) is 4.65. The van der Waals surface area contributed by atoms with Gasteiger partial charge in [0.2, 0.25) is 0 Å². The predicted octanol–water partition coefficient (Wildman–Crippen LogP) is 3.29. The Labute approximate surface area is 117 Å². The van der Waals surface area contributed by atoms with Crippen molar-refractivity contribution in [3.05, 3.63) is 54.0 Å². The third kappa shape index (κ3) is 3.32. The fourth-order valence-corrected chi connectivity index (χ4v) is 1.73. The number of pyridine rings is 1. The normalized spacial score (nSPS) is 10.1. The van der Waals surface area contributed by atoms with E-state index in [1.54, 1.807) is 30.5 Å². The van der Waals surface area contributed by atoms with E-state index in [1.165, 1.54) is 12.1 Å². The molecule has 1 aromatic heterocycles. The molecule has 0 unspecified atom stereocenters. The van der Waals surface area contributed by atoms with E-state index < -0.39 is 5.82 Å². The van der Waals surface area contributed by atoms with Crippen LogP contribution in [0.3, 0.4) is 0 Å². The van der Waals surface area contributed by atoms with Gasteiger partial charge in [0.15, 0.2) is 0 Å². The lowest BCUT2D eigenvalue weighted by Crippen LogP contribution is -2.16. The molecule has 20 heavy (non-hydrogen) atoms. The number of hydrogen-bond donors (Lipinski definition) is 2. The SMILES string of the molecule is CCCNc1ncccc1C(=O)Nc1ccccc1F. The average molecular weight is 273 g/mol. The summed E-state index contributed by atoms with van der Waals surface area (Å²) in [4.78, 5) is 16.3.